The first-order valence-corrected chi connectivity index (χ1v) is 5.57. The molecule has 3 nitrogen and oxygen atoms in total. The van der Waals surface area contributed by atoms with E-state index >= 15 is 0 Å². The molecule has 0 unspecified atom stereocenters. The molecule has 0 aliphatic rings. The minimum absolute atomic E-state index is 0.115. The van der Waals surface area contributed by atoms with Gasteiger partial charge in [0.1, 0.15) is 29.8 Å². The summed E-state index contributed by atoms with van der Waals surface area (Å²) in [5.41, 5.74) is 6.16. The van der Waals surface area contributed by atoms with Gasteiger partial charge in [-0.1, -0.05) is 0 Å². The van der Waals surface area contributed by atoms with E-state index in [0.717, 1.165) is 0 Å². The lowest BCUT2D eigenvalue weighted by Gasteiger charge is -2.08. The number of hydrogen-bond donors (Lipinski definition) is 2. The minimum atomic E-state index is -0.481. The van der Waals surface area contributed by atoms with Crippen LogP contribution >= 0.6 is 0 Å². The molecule has 2 rings (SSSR count). The largest absolute Gasteiger partial charge is 0.489 e. The molecule has 0 saturated carbocycles. The Bertz CT molecular complexity index is 597. The van der Waals surface area contributed by atoms with Gasteiger partial charge in [-0.3, -0.25) is 5.41 Å². The first-order chi connectivity index (χ1) is 9.04. The van der Waals surface area contributed by atoms with E-state index in [4.69, 9.17) is 15.9 Å². The monoisotopic (exact) mass is 262 g/mol. The van der Waals surface area contributed by atoms with Crippen molar-refractivity contribution in [3.63, 3.8) is 0 Å². The number of ether oxygens (including phenoxy) is 1. The van der Waals surface area contributed by atoms with Crippen molar-refractivity contribution in [3.8, 4) is 5.75 Å². The van der Waals surface area contributed by atoms with Gasteiger partial charge in [0, 0.05) is 5.56 Å². The summed E-state index contributed by atoms with van der Waals surface area (Å²) in [5, 5.41) is 7.28. The Hall–Kier alpha value is -2.43. The van der Waals surface area contributed by atoms with Crippen molar-refractivity contribution >= 4 is 5.84 Å². The van der Waals surface area contributed by atoms with Gasteiger partial charge in [0.25, 0.3) is 0 Å². The van der Waals surface area contributed by atoms with Crippen molar-refractivity contribution in [2.45, 2.75) is 6.61 Å². The van der Waals surface area contributed by atoms with Gasteiger partial charge in [0.2, 0.25) is 0 Å². The summed E-state index contributed by atoms with van der Waals surface area (Å²) in [7, 11) is 0. The maximum Gasteiger partial charge on any atom is 0.124 e. The fourth-order valence-electron chi connectivity index (χ4n) is 1.59. The van der Waals surface area contributed by atoms with Gasteiger partial charge in [-0.05, 0) is 48.0 Å². The van der Waals surface area contributed by atoms with Crippen LogP contribution in [-0.2, 0) is 6.61 Å². The number of nitrogen functional groups attached to an aromatic ring is 1. The van der Waals surface area contributed by atoms with Crippen LogP contribution in [-0.4, -0.2) is 5.84 Å². The van der Waals surface area contributed by atoms with E-state index in [1.54, 1.807) is 6.07 Å². The number of halogens is 2. The van der Waals surface area contributed by atoms with Gasteiger partial charge in [-0.15, -0.1) is 0 Å². The number of benzene rings is 2. The summed E-state index contributed by atoms with van der Waals surface area (Å²) in [6, 6.07) is 9.60. The number of nitrogens with two attached hydrogens (primary N) is 1. The zero-order chi connectivity index (χ0) is 13.8. The van der Waals surface area contributed by atoms with Gasteiger partial charge in [0.15, 0.2) is 0 Å². The lowest BCUT2D eigenvalue weighted by Crippen LogP contribution is -2.12. The van der Waals surface area contributed by atoms with Gasteiger partial charge < -0.3 is 10.5 Å². The summed E-state index contributed by atoms with van der Waals surface area (Å²) < 4.78 is 31.4. The maximum atomic E-state index is 13.3. The lowest BCUT2D eigenvalue weighted by atomic mass is 10.1. The van der Waals surface area contributed by atoms with Crippen LogP contribution < -0.4 is 10.5 Å². The Balaban J connectivity index is 2.11. The van der Waals surface area contributed by atoms with Crippen LogP contribution in [0.2, 0.25) is 0 Å². The molecule has 0 fully saturated rings. The zero-order valence-electron chi connectivity index (χ0n) is 9.99. The molecule has 0 atom stereocenters. The summed E-state index contributed by atoms with van der Waals surface area (Å²) in [4.78, 5) is 0. The van der Waals surface area contributed by atoms with Gasteiger partial charge in [-0.25, -0.2) is 8.78 Å². The highest BCUT2D eigenvalue weighted by Gasteiger charge is 2.04. The molecule has 0 saturated heterocycles. The number of nitrogens with one attached hydrogen (secondary N) is 1. The van der Waals surface area contributed by atoms with Crippen molar-refractivity contribution < 1.29 is 13.5 Å². The second-order valence-electron chi connectivity index (χ2n) is 4.00. The van der Waals surface area contributed by atoms with Crippen LogP contribution in [0.15, 0.2) is 42.5 Å². The SMILES string of the molecule is N=C(N)c1cc(F)cc(COc2ccc(F)cc2)c1. The Morgan fingerprint density at radius 1 is 1.05 bits per heavy atom. The Kier molecular flexibility index (Phi) is 3.75. The van der Waals surface area contributed by atoms with E-state index in [-0.39, 0.29) is 18.3 Å². The minimum Gasteiger partial charge on any atom is -0.489 e. The Morgan fingerprint density at radius 3 is 2.37 bits per heavy atom. The topological polar surface area (TPSA) is 59.1 Å². The Labute approximate surface area is 109 Å². The molecule has 3 N–H and O–H groups in total. The number of hydrogen-bond acceptors (Lipinski definition) is 2. The normalized spacial score (nSPS) is 10.2. The highest BCUT2D eigenvalue weighted by Crippen LogP contribution is 2.15. The molecule has 0 aromatic heterocycles. The van der Waals surface area contributed by atoms with E-state index in [0.29, 0.717) is 16.9 Å². The highest BCUT2D eigenvalue weighted by atomic mass is 19.1. The second kappa shape index (κ2) is 5.48. The molecule has 98 valence electrons. The van der Waals surface area contributed by atoms with E-state index in [1.807, 2.05) is 0 Å². The molecule has 2 aromatic rings. The molecule has 0 radical (unpaired) electrons. The zero-order valence-corrected chi connectivity index (χ0v) is 9.99. The number of amidine groups is 1. The molecule has 5 heteroatoms. The summed E-state index contributed by atoms with van der Waals surface area (Å²) >= 11 is 0. The maximum absolute atomic E-state index is 13.3. The standard InChI is InChI=1S/C14H12F2N2O/c15-11-1-3-13(4-2-11)19-8-9-5-10(14(17)18)7-12(16)6-9/h1-7H,8H2,(H3,17,18). The smallest absolute Gasteiger partial charge is 0.124 e. The molecule has 0 heterocycles. The summed E-state index contributed by atoms with van der Waals surface area (Å²) in [6.45, 7) is 0.115. The molecule has 0 aliphatic carbocycles. The molecule has 19 heavy (non-hydrogen) atoms. The third kappa shape index (κ3) is 3.51. The fourth-order valence-corrected chi connectivity index (χ4v) is 1.59. The van der Waals surface area contributed by atoms with Crippen molar-refractivity contribution in [1.82, 2.24) is 0 Å². The molecular formula is C14H12F2N2O. The predicted octanol–water partition coefficient (Wildman–Crippen LogP) is 2.83. The molecular weight excluding hydrogens is 250 g/mol. The van der Waals surface area contributed by atoms with Crippen molar-refractivity contribution in [2.75, 3.05) is 0 Å². The molecule has 0 amide bonds. The van der Waals surface area contributed by atoms with Gasteiger partial charge in [-0.2, -0.15) is 0 Å². The van der Waals surface area contributed by atoms with E-state index in [9.17, 15) is 8.78 Å². The third-order valence-corrected chi connectivity index (χ3v) is 2.49. The third-order valence-electron chi connectivity index (χ3n) is 2.49. The van der Waals surface area contributed by atoms with E-state index in [1.165, 1.54) is 36.4 Å². The van der Waals surface area contributed by atoms with Gasteiger partial charge in [0.05, 0.1) is 0 Å². The predicted molar refractivity (Wildman–Crippen MR) is 68.1 cm³/mol. The Morgan fingerprint density at radius 2 is 1.74 bits per heavy atom. The molecule has 0 aliphatic heterocycles. The van der Waals surface area contributed by atoms with Crippen LogP contribution in [0.25, 0.3) is 0 Å². The quantitative estimate of drug-likeness (QED) is 0.657. The number of rotatable bonds is 4. The molecule has 2 aromatic carbocycles. The lowest BCUT2D eigenvalue weighted by molar-refractivity contribution is 0.305. The van der Waals surface area contributed by atoms with Crippen molar-refractivity contribution in [1.29, 1.82) is 5.41 Å². The average Bonchev–Trinajstić information content (AvgIpc) is 2.37. The first-order valence-electron chi connectivity index (χ1n) is 5.57. The highest BCUT2D eigenvalue weighted by molar-refractivity contribution is 5.95. The molecule has 0 bridgehead atoms. The van der Waals surface area contributed by atoms with Crippen LogP contribution in [0.1, 0.15) is 11.1 Å². The summed E-state index contributed by atoms with van der Waals surface area (Å²) in [6.07, 6.45) is 0. The van der Waals surface area contributed by atoms with Crippen LogP contribution in [0.4, 0.5) is 8.78 Å². The van der Waals surface area contributed by atoms with Crippen molar-refractivity contribution in [3.05, 3.63) is 65.2 Å². The summed E-state index contributed by atoms with van der Waals surface area (Å²) in [5.74, 6) is -0.556. The van der Waals surface area contributed by atoms with Crippen LogP contribution in [0, 0.1) is 17.0 Å². The second-order valence-corrected chi connectivity index (χ2v) is 4.00. The first kappa shape index (κ1) is 13.0. The van der Waals surface area contributed by atoms with Crippen LogP contribution in [0.3, 0.4) is 0 Å². The van der Waals surface area contributed by atoms with E-state index in [2.05, 4.69) is 0 Å². The van der Waals surface area contributed by atoms with Crippen LogP contribution in [0.5, 0.6) is 5.75 Å². The van der Waals surface area contributed by atoms with E-state index < -0.39 is 5.82 Å². The van der Waals surface area contributed by atoms with Crippen molar-refractivity contribution in [2.24, 2.45) is 5.73 Å². The fraction of sp³-hybridized carbons (Fsp3) is 0.0714. The molecule has 0 spiro atoms. The average molecular weight is 262 g/mol. The van der Waals surface area contributed by atoms with Gasteiger partial charge >= 0.3 is 0 Å².